The highest BCUT2D eigenvalue weighted by Gasteiger charge is 2.27. The van der Waals surface area contributed by atoms with Gasteiger partial charge in [-0.1, -0.05) is 0 Å². The Morgan fingerprint density at radius 1 is 1.44 bits per heavy atom. The van der Waals surface area contributed by atoms with E-state index in [0.29, 0.717) is 19.5 Å². The van der Waals surface area contributed by atoms with Crippen molar-refractivity contribution in [1.29, 1.82) is 0 Å². The molecule has 0 radical (unpaired) electrons. The van der Waals surface area contributed by atoms with Crippen molar-refractivity contribution in [3.8, 4) is 0 Å². The normalized spacial score (nSPS) is 14.8. The van der Waals surface area contributed by atoms with E-state index in [9.17, 15) is 9.59 Å². The first kappa shape index (κ1) is 12.8. The number of hydrogen-bond donors (Lipinski definition) is 2. The zero-order valence-corrected chi connectivity index (χ0v) is 11.2. The topological polar surface area (TPSA) is 74.3 Å². The van der Waals surface area contributed by atoms with Gasteiger partial charge in [-0.2, -0.15) is 0 Å². The number of hydrogen-bond acceptors (Lipinski definition) is 4. The van der Waals surface area contributed by atoms with Gasteiger partial charge in [-0.15, -0.1) is 0 Å². The summed E-state index contributed by atoms with van der Waals surface area (Å²) in [5.41, 5.74) is 0. The molecule has 1 aliphatic heterocycles. The number of carbonyl (C=O) groups excluding carboxylic acids is 2. The second kappa shape index (κ2) is 5.81. The summed E-state index contributed by atoms with van der Waals surface area (Å²) in [6.07, 6.45) is 2.40. The van der Waals surface area contributed by atoms with Gasteiger partial charge in [0, 0.05) is 23.8 Å². The molecule has 1 aromatic heterocycles. The van der Waals surface area contributed by atoms with Gasteiger partial charge in [-0.05, 0) is 34.5 Å². The van der Waals surface area contributed by atoms with Crippen LogP contribution in [0.1, 0.15) is 6.42 Å². The molecule has 1 fully saturated rings. The SMILES string of the molecule is O=C1CNC(=O)N1CCCNc1ccc(Br)cn1. The molecule has 18 heavy (non-hydrogen) atoms. The fourth-order valence-electron chi connectivity index (χ4n) is 1.62. The molecule has 0 aromatic carbocycles. The van der Waals surface area contributed by atoms with Crippen molar-refractivity contribution in [2.45, 2.75) is 6.42 Å². The van der Waals surface area contributed by atoms with Crippen LogP contribution in [0.15, 0.2) is 22.8 Å². The van der Waals surface area contributed by atoms with Crippen molar-refractivity contribution in [2.75, 3.05) is 25.0 Å². The van der Waals surface area contributed by atoms with E-state index in [2.05, 4.69) is 31.5 Å². The number of nitrogens with one attached hydrogen (secondary N) is 2. The number of carbonyl (C=O) groups is 2. The summed E-state index contributed by atoms with van der Waals surface area (Å²) < 4.78 is 0.924. The Kier molecular flexibility index (Phi) is 4.14. The average Bonchev–Trinajstić information content (AvgIpc) is 2.68. The summed E-state index contributed by atoms with van der Waals surface area (Å²) in [5.74, 6) is 0.608. The molecule has 0 unspecified atom stereocenters. The molecular weight excluding hydrogens is 300 g/mol. The number of aromatic nitrogens is 1. The molecule has 0 atom stereocenters. The lowest BCUT2D eigenvalue weighted by molar-refractivity contribution is -0.124. The number of amides is 3. The Labute approximate surface area is 113 Å². The van der Waals surface area contributed by atoms with Crippen LogP contribution in [-0.4, -0.2) is 41.5 Å². The molecular formula is C11H13BrN4O2. The van der Waals surface area contributed by atoms with Gasteiger partial charge in [-0.25, -0.2) is 9.78 Å². The molecule has 0 aliphatic carbocycles. The predicted octanol–water partition coefficient (Wildman–Crippen LogP) is 1.20. The molecule has 3 amide bonds. The van der Waals surface area contributed by atoms with E-state index in [1.807, 2.05) is 12.1 Å². The largest absolute Gasteiger partial charge is 0.370 e. The lowest BCUT2D eigenvalue weighted by Crippen LogP contribution is -2.32. The van der Waals surface area contributed by atoms with Gasteiger partial charge in [0.1, 0.15) is 5.82 Å². The molecule has 2 N–H and O–H groups in total. The van der Waals surface area contributed by atoms with Gasteiger partial charge in [-0.3, -0.25) is 9.69 Å². The molecule has 2 heterocycles. The minimum Gasteiger partial charge on any atom is -0.370 e. The smallest absolute Gasteiger partial charge is 0.324 e. The Bertz CT molecular complexity index is 433. The van der Waals surface area contributed by atoms with Crippen molar-refractivity contribution in [3.05, 3.63) is 22.8 Å². The molecule has 1 aliphatic rings. The van der Waals surface area contributed by atoms with E-state index < -0.39 is 0 Å². The lowest BCUT2D eigenvalue weighted by Gasteiger charge is -2.12. The summed E-state index contributed by atoms with van der Waals surface area (Å²) in [6.45, 7) is 1.19. The summed E-state index contributed by atoms with van der Waals surface area (Å²) in [4.78, 5) is 27.9. The second-order valence-electron chi connectivity index (χ2n) is 3.85. The van der Waals surface area contributed by atoms with Crippen LogP contribution in [0.4, 0.5) is 10.6 Å². The Hall–Kier alpha value is -1.63. The number of imide groups is 1. The van der Waals surface area contributed by atoms with Gasteiger partial charge in [0.2, 0.25) is 5.91 Å². The van der Waals surface area contributed by atoms with Gasteiger partial charge in [0.25, 0.3) is 0 Å². The molecule has 1 aromatic rings. The van der Waals surface area contributed by atoms with E-state index in [1.165, 1.54) is 4.90 Å². The number of anilines is 1. The molecule has 96 valence electrons. The maximum atomic E-state index is 11.3. The fraction of sp³-hybridized carbons (Fsp3) is 0.364. The minimum atomic E-state index is -0.304. The van der Waals surface area contributed by atoms with Gasteiger partial charge in [0.05, 0.1) is 6.54 Å². The third kappa shape index (κ3) is 3.19. The molecule has 0 spiro atoms. The van der Waals surface area contributed by atoms with E-state index >= 15 is 0 Å². The quantitative estimate of drug-likeness (QED) is 0.633. The Morgan fingerprint density at radius 2 is 2.28 bits per heavy atom. The first-order valence-corrected chi connectivity index (χ1v) is 6.40. The summed E-state index contributed by atoms with van der Waals surface area (Å²) in [5, 5.41) is 5.61. The Balaban J connectivity index is 1.71. The maximum absolute atomic E-state index is 11.3. The van der Waals surface area contributed by atoms with Crippen molar-refractivity contribution in [2.24, 2.45) is 0 Å². The summed E-state index contributed by atoms with van der Waals surface area (Å²) >= 11 is 3.31. The standard InChI is InChI=1S/C11H13BrN4O2/c12-8-2-3-9(14-6-8)13-4-1-5-16-10(17)7-15-11(16)18/h2-3,6H,1,4-5,7H2,(H,13,14)(H,15,18). The molecule has 1 saturated heterocycles. The molecule has 6 nitrogen and oxygen atoms in total. The van der Waals surface area contributed by atoms with Crippen LogP contribution in [0.2, 0.25) is 0 Å². The summed E-state index contributed by atoms with van der Waals surface area (Å²) in [7, 11) is 0. The van der Waals surface area contributed by atoms with Crippen LogP contribution >= 0.6 is 15.9 Å². The third-order valence-electron chi connectivity index (χ3n) is 2.53. The highest BCUT2D eigenvalue weighted by molar-refractivity contribution is 9.10. The average molecular weight is 313 g/mol. The van der Waals surface area contributed by atoms with Crippen LogP contribution < -0.4 is 10.6 Å². The van der Waals surface area contributed by atoms with Crippen molar-refractivity contribution < 1.29 is 9.59 Å². The zero-order valence-electron chi connectivity index (χ0n) is 9.65. The second-order valence-corrected chi connectivity index (χ2v) is 4.76. The third-order valence-corrected chi connectivity index (χ3v) is 3.00. The number of halogens is 1. The van der Waals surface area contributed by atoms with Gasteiger partial charge < -0.3 is 10.6 Å². The van der Waals surface area contributed by atoms with Gasteiger partial charge in [0.15, 0.2) is 0 Å². The first-order valence-electron chi connectivity index (χ1n) is 5.60. The molecule has 2 rings (SSSR count). The van der Waals surface area contributed by atoms with Crippen LogP contribution in [0.3, 0.4) is 0 Å². The zero-order chi connectivity index (χ0) is 13.0. The van der Waals surface area contributed by atoms with E-state index in [4.69, 9.17) is 0 Å². The predicted molar refractivity (Wildman–Crippen MR) is 70.2 cm³/mol. The molecule has 7 heteroatoms. The van der Waals surface area contributed by atoms with Gasteiger partial charge >= 0.3 is 6.03 Å². The van der Waals surface area contributed by atoms with Crippen molar-refractivity contribution in [3.63, 3.8) is 0 Å². The van der Waals surface area contributed by atoms with Crippen LogP contribution in [0.25, 0.3) is 0 Å². The van der Waals surface area contributed by atoms with E-state index in [1.54, 1.807) is 6.20 Å². The number of pyridine rings is 1. The van der Waals surface area contributed by atoms with E-state index in [-0.39, 0.29) is 18.5 Å². The maximum Gasteiger partial charge on any atom is 0.324 e. The fourth-order valence-corrected chi connectivity index (χ4v) is 1.85. The molecule has 0 bridgehead atoms. The minimum absolute atomic E-state index is 0.112. The van der Waals surface area contributed by atoms with E-state index in [0.717, 1.165) is 10.3 Å². The molecule has 0 saturated carbocycles. The Morgan fingerprint density at radius 3 is 2.89 bits per heavy atom. The first-order chi connectivity index (χ1) is 8.66. The number of urea groups is 1. The monoisotopic (exact) mass is 312 g/mol. The highest BCUT2D eigenvalue weighted by atomic mass is 79.9. The van der Waals surface area contributed by atoms with Crippen LogP contribution in [0, 0.1) is 0 Å². The van der Waals surface area contributed by atoms with Crippen LogP contribution in [-0.2, 0) is 4.79 Å². The van der Waals surface area contributed by atoms with Crippen LogP contribution in [0.5, 0.6) is 0 Å². The number of rotatable bonds is 5. The highest BCUT2D eigenvalue weighted by Crippen LogP contribution is 2.10. The summed E-state index contributed by atoms with van der Waals surface area (Å²) in [6, 6.07) is 3.45. The number of nitrogens with zero attached hydrogens (tertiary/aromatic N) is 2. The van der Waals surface area contributed by atoms with Crippen molar-refractivity contribution in [1.82, 2.24) is 15.2 Å². The van der Waals surface area contributed by atoms with Crippen molar-refractivity contribution >= 4 is 33.7 Å². The lowest BCUT2D eigenvalue weighted by atomic mass is 10.3.